The van der Waals surface area contributed by atoms with E-state index in [1.807, 2.05) is 0 Å². The number of aryl methyl sites for hydroxylation is 2. The number of hydrogen-bond acceptors (Lipinski definition) is 1. The standard InChI is InChI=1S/C45H34N2/c1-31-21-27-43-39(29-31)45(33-13-5-3-6-14-33,34-15-7-4-8-16-34)40-30-32(2)22-28-44(40)47(43)36-25-23-35(24-26-36)46-41-19-11-9-17-37(41)38-18-10-12-20-42(38)46/h3-30H,1-2H3. The van der Waals surface area contributed by atoms with Gasteiger partial charge in [-0.15, -0.1) is 0 Å². The van der Waals surface area contributed by atoms with Gasteiger partial charge in [0.25, 0.3) is 0 Å². The quantitative estimate of drug-likeness (QED) is 0.195. The summed E-state index contributed by atoms with van der Waals surface area (Å²) in [6.45, 7) is 4.41. The highest BCUT2D eigenvalue weighted by molar-refractivity contribution is 6.09. The Hall–Kier alpha value is -5.86. The molecule has 0 radical (unpaired) electrons. The van der Waals surface area contributed by atoms with Crippen molar-refractivity contribution >= 4 is 38.9 Å². The highest BCUT2D eigenvalue weighted by Crippen LogP contribution is 2.58. The molecule has 7 aromatic carbocycles. The first-order valence-corrected chi connectivity index (χ1v) is 16.4. The third-order valence-corrected chi connectivity index (χ3v) is 9.95. The first kappa shape index (κ1) is 27.5. The molecule has 1 aliphatic heterocycles. The van der Waals surface area contributed by atoms with Gasteiger partial charge in [-0.1, -0.05) is 132 Å². The lowest BCUT2D eigenvalue weighted by Gasteiger charge is -2.47. The maximum Gasteiger partial charge on any atom is 0.0742 e. The summed E-state index contributed by atoms with van der Waals surface area (Å²) in [6, 6.07) is 62.5. The Bertz CT molecular complexity index is 2270. The van der Waals surface area contributed by atoms with Crippen molar-refractivity contribution in [1.29, 1.82) is 0 Å². The van der Waals surface area contributed by atoms with Crippen molar-refractivity contribution in [3.8, 4) is 5.69 Å². The molecule has 1 aromatic heterocycles. The van der Waals surface area contributed by atoms with Crippen molar-refractivity contribution in [2.75, 3.05) is 4.90 Å². The first-order valence-electron chi connectivity index (χ1n) is 16.4. The van der Waals surface area contributed by atoms with E-state index in [4.69, 9.17) is 0 Å². The molecule has 47 heavy (non-hydrogen) atoms. The van der Waals surface area contributed by atoms with E-state index in [2.05, 4.69) is 193 Å². The molecule has 0 bridgehead atoms. The number of rotatable bonds is 4. The predicted molar refractivity (Wildman–Crippen MR) is 197 cm³/mol. The molecule has 0 spiro atoms. The summed E-state index contributed by atoms with van der Waals surface area (Å²) in [5.74, 6) is 0. The van der Waals surface area contributed by atoms with E-state index in [9.17, 15) is 0 Å². The van der Waals surface area contributed by atoms with Crippen molar-refractivity contribution in [2.45, 2.75) is 19.3 Å². The van der Waals surface area contributed by atoms with Crippen LogP contribution in [0.15, 0.2) is 170 Å². The first-order chi connectivity index (χ1) is 23.1. The highest BCUT2D eigenvalue weighted by Gasteiger charge is 2.46. The Kier molecular flexibility index (Phi) is 6.20. The summed E-state index contributed by atoms with van der Waals surface area (Å²) in [5.41, 5.74) is 14.3. The van der Waals surface area contributed by atoms with Crippen LogP contribution in [0.25, 0.3) is 27.5 Å². The van der Waals surface area contributed by atoms with E-state index in [0.717, 1.165) is 11.4 Å². The largest absolute Gasteiger partial charge is 0.310 e. The van der Waals surface area contributed by atoms with Crippen molar-refractivity contribution in [3.05, 3.63) is 203 Å². The molecule has 0 unspecified atom stereocenters. The van der Waals surface area contributed by atoms with Crippen LogP contribution in [0.4, 0.5) is 17.1 Å². The highest BCUT2D eigenvalue weighted by atomic mass is 15.2. The fourth-order valence-electron chi connectivity index (χ4n) is 7.96. The van der Waals surface area contributed by atoms with Gasteiger partial charge in [-0.25, -0.2) is 0 Å². The van der Waals surface area contributed by atoms with E-state index >= 15 is 0 Å². The van der Waals surface area contributed by atoms with Crippen molar-refractivity contribution in [2.24, 2.45) is 0 Å². The minimum atomic E-state index is -0.482. The minimum absolute atomic E-state index is 0.482. The van der Waals surface area contributed by atoms with Crippen molar-refractivity contribution < 1.29 is 0 Å². The zero-order valence-electron chi connectivity index (χ0n) is 26.6. The SMILES string of the molecule is Cc1ccc2c(c1)C(c1ccccc1)(c1ccccc1)c1cc(C)ccc1N2c1ccc(-n2c3ccccc3c3ccccc32)cc1. The fourth-order valence-corrected chi connectivity index (χ4v) is 7.96. The summed E-state index contributed by atoms with van der Waals surface area (Å²) >= 11 is 0. The normalized spacial score (nSPS) is 13.4. The van der Waals surface area contributed by atoms with Gasteiger partial charge in [0.15, 0.2) is 0 Å². The molecule has 9 rings (SSSR count). The molecule has 1 aliphatic rings. The number of para-hydroxylation sites is 2. The van der Waals surface area contributed by atoms with Crippen LogP contribution in [0.3, 0.4) is 0 Å². The van der Waals surface area contributed by atoms with Gasteiger partial charge < -0.3 is 9.47 Å². The van der Waals surface area contributed by atoms with Gasteiger partial charge in [-0.2, -0.15) is 0 Å². The molecular weight excluding hydrogens is 569 g/mol. The van der Waals surface area contributed by atoms with E-state index < -0.39 is 5.41 Å². The predicted octanol–water partition coefficient (Wildman–Crippen LogP) is 11.6. The second-order valence-electron chi connectivity index (χ2n) is 12.7. The smallest absolute Gasteiger partial charge is 0.0742 e. The van der Waals surface area contributed by atoms with Crippen LogP contribution in [-0.2, 0) is 5.41 Å². The molecule has 2 heterocycles. The second-order valence-corrected chi connectivity index (χ2v) is 12.7. The minimum Gasteiger partial charge on any atom is -0.310 e. The van der Waals surface area contributed by atoms with Gasteiger partial charge in [0.1, 0.15) is 0 Å². The van der Waals surface area contributed by atoms with Crippen molar-refractivity contribution in [1.82, 2.24) is 4.57 Å². The molecule has 0 N–H and O–H groups in total. The van der Waals surface area contributed by atoms with Gasteiger partial charge in [-0.05, 0) is 84.6 Å². The zero-order chi connectivity index (χ0) is 31.5. The topological polar surface area (TPSA) is 8.17 Å². The lowest BCUT2D eigenvalue weighted by atomic mass is 9.62. The van der Waals surface area contributed by atoms with Crippen LogP contribution >= 0.6 is 0 Å². The van der Waals surface area contributed by atoms with Crippen LogP contribution in [-0.4, -0.2) is 4.57 Å². The molecule has 0 saturated heterocycles. The van der Waals surface area contributed by atoms with Crippen LogP contribution in [0, 0.1) is 13.8 Å². The molecule has 0 saturated carbocycles. The third-order valence-electron chi connectivity index (χ3n) is 9.95. The molecule has 0 atom stereocenters. The molecular formula is C45H34N2. The van der Waals surface area contributed by atoms with Crippen molar-refractivity contribution in [3.63, 3.8) is 0 Å². The van der Waals surface area contributed by atoms with Gasteiger partial charge in [0, 0.05) is 22.1 Å². The molecule has 0 aliphatic carbocycles. The van der Waals surface area contributed by atoms with Gasteiger partial charge in [-0.3, -0.25) is 0 Å². The number of aromatic nitrogens is 1. The second kappa shape index (κ2) is 10.6. The maximum atomic E-state index is 2.46. The van der Waals surface area contributed by atoms with Crippen LogP contribution in [0.1, 0.15) is 33.4 Å². The van der Waals surface area contributed by atoms with Crippen LogP contribution < -0.4 is 4.90 Å². The summed E-state index contributed by atoms with van der Waals surface area (Å²) in [4.78, 5) is 2.46. The molecule has 2 heteroatoms. The van der Waals surface area contributed by atoms with E-state index in [1.165, 1.54) is 66.6 Å². The number of hydrogen-bond donors (Lipinski definition) is 0. The van der Waals surface area contributed by atoms with E-state index in [0.29, 0.717) is 0 Å². The number of benzene rings is 7. The lowest BCUT2D eigenvalue weighted by Crippen LogP contribution is -2.38. The van der Waals surface area contributed by atoms with Crippen LogP contribution in [0.5, 0.6) is 0 Å². The summed E-state index contributed by atoms with van der Waals surface area (Å²) in [7, 11) is 0. The third kappa shape index (κ3) is 4.05. The Morgan fingerprint density at radius 3 is 1.32 bits per heavy atom. The summed E-state index contributed by atoms with van der Waals surface area (Å²) < 4.78 is 2.38. The average molecular weight is 603 g/mol. The Labute approximate surface area is 275 Å². The summed E-state index contributed by atoms with van der Waals surface area (Å²) in [6.07, 6.45) is 0. The maximum absolute atomic E-state index is 2.46. The molecule has 224 valence electrons. The Morgan fingerprint density at radius 2 is 0.830 bits per heavy atom. The molecule has 8 aromatic rings. The van der Waals surface area contributed by atoms with E-state index in [1.54, 1.807) is 0 Å². The molecule has 2 nitrogen and oxygen atoms in total. The number of anilines is 3. The monoisotopic (exact) mass is 602 g/mol. The van der Waals surface area contributed by atoms with E-state index in [-0.39, 0.29) is 0 Å². The molecule has 0 fully saturated rings. The Morgan fingerprint density at radius 1 is 0.404 bits per heavy atom. The zero-order valence-corrected chi connectivity index (χ0v) is 26.6. The average Bonchev–Trinajstić information content (AvgIpc) is 3.46. The lowest BCUT2D eigenvalue weighted by molar-refractivity contribution is 0.729. The fraction of sp³-hybridized carbons (Fsp3) is 0.0667. The van der Waals surface area contributed by atoms with Gasteiger partial charge in [0.05, 0.1) is 27.8 Å². The summed E-state index contributed by atoms with van der Waals surface area (Å²) in [5, 5.41) is 2.55. The van der Waals surface area contributed by atoms with Gasteiger partial charge >= 0.3 is 0 Å². The molecule has 0 amide bonds. The van der Waals surface area contributed by atoms with Gasteiger partial charge in [0.2, 0.25) is 0 Å². The Balaban J connectivity index is 1.29. The number of nitrogens with zero attached hydrogens (tertiary/aromatic N) is 2. The number of fused-ring (bicyclic) bond motifs is 5. The van der Waals surface area contributed by atoms with Crippen LogP contribution in [0.2, 0.25) is 0 Å².